The summed E-state index contributed by atoms with van der Waals surface area (Å²) < 4.78 is 10.9. The lowest BCUT2D eigenvalue weighted by atomic mass is 10.2. The zero-order chi connectivity index (χ0) is 19.9. The Bertz CT molecular complexity index is 983. The van der Waals surface area contributed by atoms with Crippen molar-refractivity contribution in [1.82, 2.24) is 21.0 Å². The average Bonchev–Trinajstić information content (AvgIpc) is 3.16. The minimum absolute atomic E-state index is 0.202. The Balaban J connectivity index is 1.65. The molecule has 0 spiro atoms. The summed E-state index contributed by atoms with van der Waals surface area (Å²) in [5, 5.41) is 7.44. The molecule has 3 rings (SSSR count). The zero-order valence-electron chi connectivity index (χ0n) is 15.7. The van der Waals surface area contributed by atoms with Crippen LogP contribution >= 0.6 is 0 Å². The molecule has 0 unspecified atom stereocenters. The van der Waals surface area contributed by atoms with Gasteiger partial charge in [0.2, 0.25) is 0 Å². The predicted molar refractivity (Wildman–Crippen MR) is 104 cm³/mol. The van der Waals surface area contributed by atoms with E-state index < -0.39 is 11.8 Å². The number of carbonyl (C=O) groups is 2. The first-order valence-corrected chi connectivity index (χ1v) is 8.98. The van der Waals surface area contributed by atoms with Crippen LogP contribution in [-0.4, -0.2) is 35.7 Å². The lowest BCUT2D eigenvalue weighted by Crippen LogP contribution is -2.41. The van der Waals surface area contributed by atoms with Crippen LogP contribution in [-0.2, 0) is 0 Å². The largest absolute Gasteiger partial charge is 0.493 e. The molecule has 146 valence electrons. The fourth-order valence-electron chi connectivity index (χ4n) is 2.64. The normalized spacial score (nSPS) is 10.5. The molecule has 2 aromatic carbocycles. The SMILES string of the molecule is CCCCOc1ccc(C(=O)NNC(=O)c2n[nH]c3ccccc23)cc1OC. The Morgan fingerprint density at radius 1 is 1.07 bits per heavy atom. The maximum atomic E-state index is 12.4. The van der Waals surface area contributed by atoms with Crippen molar-refractivity contribution in [2.24, 2.45) is 0 Å². The highest BCUT2D eigenvalue weighted by molar-refractivity contribution is 6.05. The molecule has 1 heterocycles. The van der Waals surface area contributed by atoms with Crippen LogP contribution < -0.4 is 20.3 Å². The molecule has 0 atom stereocenters. The third kappa shape index (κ3) is 4.22. The summed E-state index contributed by atoms with van der Waals surface area (Å²) in [4.78, 5) is 24.7. The van der Waals surface area contributed by atoms with Gasteiger partial charge in [-0.25, -0.2) is 0 Å². The number of aromatic nitrogens is 2. The van der Waals surface area contributed by atoms with Gasteiger partial charge >= 0.3 is 0 Å². The van der Waals surface area contributed by atoms with Crippen molar-refractivity contribution in [2.75, 3.05) is 13.7 Å². The number of fused-ring (bicyclic) bond motifs is 1. The minimum atomic E-state index is -0.516. The fourth-order valence-corrected chi connectivity index (χ4v) is 2.64. The molecule has 1 aromatic heterocycles. The number of hydrogen-bond donors (Lipinski definition) is 3. The maximum absolute atomic E-state index is 12.4. The van der Waals surface area contributed by atoms with Crippen molar-refractivity contribution in [3.05, 3.63) is 53.7 Å². The van der Waals surface area contributed by atoms with Crippen LogP contribution in [0.1, 0.15) is 40.6 Å². The number of carbonyl (C=O) groups excluding carboxylic acids is 2. The first-order valence-electron chi connectivity index (χ1n) is 8.98. The van der Waals surface area contributed by atoms with E-state index in [1.807, 2.05) is 18.2 Å². The molecule has 0 saturated carbocycles. The lowest BCUT2D eigenvalue weighted by Gasteiger charge is -2.12. The second-order valence-corrected chi connectivity index (χ2v) is 6.09. The van der Waals surface area contributed by atoms with Gasteiger partial charge in [0.25, 0.3) is 11.8 Å². The van der Waals surface area contributed by atoms with Gasteiger partial charge < -0.3 is 9.47 Å². The highest BCUT2D eigenvalue weighted by Gasteiger charge is 2.16. The average molecular weight is 382 g/mol. The van der Waals surface area contributed by atoms with Crippen LogP contribution in [0.5, 0.6) is 11.5 Å². The summed E-state index contributed by atoms with van der Waals surface area (Å²) in [6.07, 6.45) is 1.95. The first kappa shape index (κ1) is 19.2. The number of methoxy groups -OCH3 is 1. The Labute approximate surface area is 162 Å². The number of aromatic amines is 1. The van der Waals surface area contributed by atoms with E-state index in [9.17, 15) is 9.59 Å². The van der Waals surface area contributed by atoms with Gasteiger partial charge in [-0.1, -0.05) is 31.5 Å². The van der Waals surface area contributed by atoms with Crippen molar-refractivity contribution in [1.29, 1.82) is 0 Å². The highest BCUT2D eigenvalue weighted by Crippen LogP contribution is 2.28. The minimum Gasteiger partial charge on any atom is -0.493 e. The Hall–Kier alpha value is -3.55. The van der Waals surface area contributed by atoms with E-state index in [0.717, 1.165) is 18.4 Å². The molecular formula is C20H22N4O4. The monoisotopic (exact) mass is 382 g/mol. The van der Waals surface area contributed by atoms with Crippen LogP contribution in [0.25, 0.3) is 10.9 Å². The third-order valence-electron chi connectivity index (χ3n) is 4.16. The van der Waals surface area contributed by atoms with Crippen LogP contribution in [0, 0.1) is 0 Å². The Kier molecular flexibility index (Phi) is 6.11. The Morgan fingerprint density at radius 2 is 1.86 bits per heavy atom. The molecule has 0 aliphatic carbocycles. The molecular weight excluding hydrogens is 360 g/mol. The number of benzene rings is 2. The molecule has 3 N–H and O–H groups in total. The summed E-state index contributed by atoms with van der Waals surface area (Å²) in [7, 11) is 1.51. The number of para-hydroxylation sites is 1. The number of nitrogens with zero attached hydrogens (tertiary/aromatic N) is 1. The highest BCUT2D eigenvalue weighted by atomic mass is 16.5. The molecule has 0 aliphatic rings. The van der Waals surface area contributed by atoms with E-state index >= 15 is 0 Å². The number of amides is 2. The maximum Gasteiger partial charge on any atom is 0.290 e. The topological polar surface area (TPSA) is 105 Å². The molecule has 0 fully saturated rings. The number of unbranched alkanes of at least 4 members (excludes halogenated alkanes) is 1. The number of rotatable bonds is 7. The van der Waals surface area contributed by atoms with Gasteiger partial charge in [0, 0.05) is 10.9 Å². The van der Waals surface area contributed by atoms with E-state index in [1.165, 1.54) is 7.11 Å². The quantitative estimate of drug-likeness (QED) is 0.430. The number of H-pyrrole nitrogens is 1. The molecule has 2 amide bonds. The summed E-state index contributed by atoms with van der Waals surface area (Å²) >= 11 is 0. The second kappa shape index (κ2) is 8.90. The number of hydrazine groups is 1. The smallest absolute Gasteiger partial charge is 0.290 e. The van der Waals surface area contributed by atoms with Gasteiger partial charge in [0.1, 0.15) is 0 Å². The molecule has 28 heavy (non-hydrogen) atoms. The van der Waals surface area contributed by atoms with Crippen molar-refractivity contribution < 1.29 is 19.1 Å². The van der Waals surface area contributed by atoms with Crippen molar-refractivity contribution in [2.45, 2.75) is 19.8 Å². The van der Waals surface area contributed by atoms with Gasteiger partial charge in [0.15, 0.2) is 17.2 Å². The summed E-state index contributed by atoms with van der Waals surface area (Å²) in [6, 6.07) is 12.1. The van der Waals surface area contributed by atoms with Crippen LogP contribution in [0.2, 0.25) is 0 Å². The van der Waals surface area contributed by atoms with Crippen LogP contribution in [0.4, 0.5) is 0 Å². The number of ether oxygens (including phenoxy) is 2. The molecule has 0 radical (unpaired) electrons. The van der Waals surface area contributed by atoms with E-state index in [0.29, 0.717) is 29.1 Å². The van der Waals surface area contributed by atoms with Crippen LogP contribution in [0.3, 0.4) is 0 Å². The van der Waals surface area contributed by atoms with Gasteiger partial charge in [-0.05, 0) is 30.7 Å². The molecule has 0 saturated heterocycles. The molecule has 8 heteroatoms. The fraction of sp³-hybridized carbons (Fsp3) is 0.250. The molecule has 3 aromatic rings. The molecule has 0 bridgehead atoms. The van der Waals surface area contributed by atoms with E-state index in [1.54, 1.807) is 24.3 Å². The van der Waals surface area contributed by atoms with E-state index in [4.69, 9.17) is 9.47 Å². The first-order chi connectivity index (χ1) is 13.6. The number of nitrogens with one attached hydrogen (secondary N) is 3. The van der Waals surface area contributed by atoms with Crippen molar-refractivity contribution in [3.63, 3.8) is 0 Å². The third-order valence-corrected chi connectivity index (χ3v) is 4.16. The summed E-state index contributed by atoms with van der Waals surface area (Å²) in [5.74, 6) is 0.0248. The predicted octanol–water partition coefficient (Wildman–Crippen LogP) is 2.83. The van der Waals surface area contributed by atoms with Crippen LogP contribution in [0.15, 0.2) is 42.5 Å². The molecule has 8 nitrogen and oxygen atoms in total. The van der Waals surface area contributed by atoms with Gasteiger partial charge in [-0.3, -0.25) is 25.5 Å². The van der Waals surface area contributed by atoms with E-state index in [-0.39, 0.29) is 5.69 Å². The van der Waals surface area contributed by atoms with Gasteiger partial charge in [-0.2, -0.15) is 5.10 Å². The van der Waals surface area contributed by atoms with Gasteiger partial charge in [0.05, 0.1) is 19.2 Å². The van der Waals surface area contributed by atoms with Crippen molar-refractivity contribution >= 4 is 22.7 Å². The molecule has 0 aliphatic heterocycles. The lowest BCUT2D eigenvalue weighted by molar-refractivity contribution is 0.0844. The van der Waals surface area contributed by atoms with Gasteiger partial charge in [-0.15, -0.1) is 0 Å². The second-order valence-electron chi connectivity index (χ2n) is 6.09. The standard InChI is InChI=1S/C20H22N4O4/c1-3-4-11-28-16-10-9-13(12-17(16)27-2)19(25)23-24-20(26)18-14-7-5-6-8-15(14)21-22-18/h5-10,12H,3-4,11H2,1-2H3,(H,21,22)(H,23,25)(H,24,26). The van der Waals surface area contributed by atoms with Crippen molar-refractivity contribution in [3.8, 4) is 11.5 Å². The Morgan fingerprint density at radius 3 is 2.64 bits per heavy atom. The van der Waals surface area contributed by atoms with E-state index in [2.05, 4.69) is 28.0 Å². The summed E-state index contributed by atoms with van der Waals surface area (Å²) in [6.45, 7) is 2.65. The number of hydrogen-bond acceptors (Lipinski definition) is 5. The zero-order valence-corrected chi connectivity index (χ0v) is 15.7. The summed E-state index contributed by atoms with van der Waals surface area (Å²) in [5.41, 5.74) is 6.03.